The third-order valence-corrected chi connectivity index (χ3v) is 5.26. The lowest BCUT2D eigenvalue weighted by Gasteiger charge is -2.29. The number of hydrogen-bond donors (Lipinski definition) is 1. The maximum absolute atomic E-state index is 13.8. The van der Waals surface area contributed by atoms with Crippen LogP contribution < -0.4 is 10.1 Å². The fourth-order valence-corrected chi connectivity index (χ4v) is 3.06. The van der Waals surface area contributed by atoms with Gasteiger partial charge in [-0.1, -0.05) is 54.7 Å². The van der Waals surface area contributed by atoms with Gasteiger partial charge < -0.3 is 15.0 Å². The van der Waals surface area contributed by atoms with Crippen LogP contribution in [0.5, 0.6) is 5.75 Å². The predicted molar refractivity (Wildman–Crippen MR) is 116 cm³/mol. The molecule has 0 saturated carbocycles. The number of carbonyl (C=O) groups is 2. The number of unbranched alkanes of at least 4 members (excludes halogenated alkanes) is 1. The highest BCUT2D eigenvalue weighted by atomic mass is 35.5. The first kappa shape index (κ1) is 24.0. The van der Waals surface area contributed by atoms with Crippen LogP contribution in [0.15, 0.2) is 42.5 Å². The van der Waals surface area contributed by atoms with Crippen molar-refractivity contribution in [2.45, 2.75) is 39.3 Å². The highest BCUT2D eigenvalue weighted by Gasteiger charge is 2.26. The summed E-state index contributed by atoms with van der Waals surface area (Å²) in [5, 5.41) is 3.57. The smallest absolute Gasteiger partial charge is 0.261 e. The topological polar surface area (TPSA) is 58.6 Å². The molecule has 0 aliphatic carbocycles. The molecule has 2 aromatic rings. The van der Waals surface area contributed by atoms with Crippen molar-refractivity contribution in [2.75, 3.05) is 13.2 Å². The average molecular weight is 455 g/mol. The predicted octanol–water partition coefficient (Wildman–Crippen LogP) is 4.84. The summed E-state index contributed by atoms with van der Waals surface area (Å²) in [7, 11) is 0. The molecule has 0 heterocycles. The maximum Gasteiger partial charge on any atom is 0.261 e. The van der Waals surface area contributed by atoms with Crippen LogP contribution in [-0.2, 0) is 16.1 Å². The molecule has 0 saturated heterocycles. The van der Waals surface area contributed by atoms with Crippen LogP contribution in [0.4, 0.5) is 4.39 Å². The molecule has 0 unspecified atom stereocenters. The van der Waals surface area contributed by atoms with Crippen molar-refractivity contribution in [3.63, 3.8) is 0 Å². The number of amides is 2. The summed E-state index contributed by atoms with van der Waals surface area (Å²) in [6.07, 6.45) is 1.78. The van der Waals surface area contributed by atoms with Crippen molar-refractivity contribution in [3.8, 4) is 5.75 Å². The molecule has 30 heavy (non-hydrogen) atoms. The van der Waals surface area contributed by atoms with Gasteiger partial charge in [0.25, 0.3) is 5.91 Å². The lowest BCUT2D eigenvalue weighted by atomic mass is 10.1. The molecular formula is C22H25Cl2FN2O3. The van der Waals surface area contributed by atoms with Crippen LogP contribution in [0.25, 0.3) is 0 Å². The third-order valence-electron chi connectivity index (χ3n) is 4.52. The monoisotopic (exact) mass is 454 g/mol. The average Bonchev–Trinajstić information content (AvgIpc) is 2.73. The zero-order valence-electron chi connectivity index (χ0n) is 17.0. The minimum Gasteiger partial charge on any atom is -0.481 e. The fraction of sp³-hybridized carbons (Fsp3) is 0.364. The van der Waals surface area contributed by atoms with Gasteiger partial charge in [0.15, 0.2) is 18.2 Å². The zero-order valence-corrected chi connectivity index (χ0v) is 18.5. The number of halogens is 3. The molecule has 2 amide bonds. The maximum atomic E-state index is 13.8. The van der Waals surface area contributed by atoms with E-state index in [2.05, 4.69) is 5.32 Å². The van der Waals surface area contributed by atoms with Gasteiger partial charge in [0.05, 0.1) is 10.0 Å². The molecule has 0 aliphatic rings. The van der Waals surface area contributed by atoms with Crippen molar-refractivity contribution in [3.05, 3.63) is 63.9 Å². The number of ether oxygens (including phenoxy) is 1. The lowest BCUT2D eigenvalue weighted by Crippen LogP contribution is -2.49. The van der Waals surface area contributed by atoms with Crippen molar-refractivity contribution >= 4 is 35.0 Å². The summed E-state index contributed by atoms with van der Waals surface area (Å²) in [5.41, 5.74) is 0.705. The Morgan fingerprint density at radius 3 is 2.57 bits per heavy atom. The first-order valence-electron chi connectivity index (χ1n) is 9.72. The van der Waals surface area contributed by atoms with Crippen LogP contribution >= 0.6 is 23.2 Å². The van der Waals surface area contributed by atoms with E-state index in [0.717, 1.165) is 12.8 Å². The molecular weight excluding hydrogens is 430 g/mol. The van der Waals surface area contributed by atoms with Gasteiger partial charge in [-0.25, -0.2) is 4.39 Å². The van der Waals surface area contributed by atoms with E-state index in [9.17, 15) is 14.0 Å². The Kier molecular flexibility index (Phi) is 9.40. The normalized spacial score (nSPS) is 11.6. The number of rotatable bonds is 10. The molecule has 2 rings (SSSR count). The zero-order chi connectivity index (χ0) is 22.1. The Labute approximate surface area is 186 Å². The first-order valence-corrected chi connectivity index (χ1v) is 10.5. The molecule has 8 heteroatoms. The number of carbonyl (C=O) groups excluding carboxylic acids is 2. The SMILES string of the molecule is CCCCNC(=O)[C@@H](C)N(Cc1ccc(Cl)c(Cl)c1)C(=O)COc1ccccc1F. The quantitative estimate of drug-likeness (QED) is 0.522. The minimum atomic E-state index is -0.756. The first-order chi connectivity index (χ1) is 14.3. The van der Waals surface area contributed by atoms with Gasteiger partial charge in [-0.2, -0.15) is 0 Å². The van der Waals surface area contributed by atoms with Crippen LogP contribution in [-0.4, -0.2) is 35.9 Å². The summed E-state index contributed by atoms with van der Waals surface area (Å²) in [4.78, 5) is 26.8. The Hall–Kier alpha value is -2.31. The van der Waals surface area contributed by atoms with Crippen molar-refractivity contribution < 1.29 is 18.7 Å². The number of nitrogens with one attached hydrogen (secondary N) is 1. The Balaban J connectivity index is 2.15. The van der Waals surface area contributed by atoms with E-state index in [1.807, 2.05) is 6.92 Å². The largest absolute Gasteiger partial charge is 0.481 e. The van der Waals surface area contributed by atoms with E-state index in [-0.39, 0.29) is 18.2 Å². The summed E-state index contributed by atoms with van der Waals surface area (Å²) < 4.78 is 19.1. The molecule has 0 fully saturated rings. The summed E-state index contributed by atoms with van der Waals surface area (Å²) >= 11 is 12.0. The van der Waals surface area contributed by atoms with E-state index in [4.69, 9.17) is 27.9 Å². The number of hydrogen-bond acceptors (Lipinski definition) is 3. The molecule has 0 radical (unpaired) electrons. The lowest BCUT2D eigenvalue weighted by molar-refractivity contribution is -0.142. The summed E-state index contributed by atoms with van der Waals surface area (Å²) in [6.45, 7) is 3.91. The standard InChI is InChI=1S/C22H25Cl2FN2O3/c1-3-4-11-26-22(29)15(2)27(13-16-9-10-17(23)18(24)12-16)21(28)14-30-20-8-6-5-7-19(20)25/h5-10,12,15H,3-4,11,13-14H2,1-2H3,(H,26,29)/t15-/m1/s1. The van der Waals surface area contributed by atoms with E-state index >= 15 is 0 Å². The van der Waals surface area contributed by atoms with Gasteiger partial charge in [0, 0.05) is 13.1 Å². The van der Waals surface area contributed by atoms with Gasteiger partial charge in [-0.15, -0.1) is 0 Å². The molecule has 5 nitrogen and oxygen atoms in total. The molecule has 1 atom stereocenters. The minimum absolute atomic E-state index is 0.0274. The Bertz CT molecular complexity index is 879. The summed E-state index contributed by atoms with van der Waals surface area (Å²) in [5.74, 6) is -1.32. The van der Waals surface area contributed by atoms with Crippen LogP contribution in [0.3, 0.4) is 0 Å². The van der Waals surface area contributed by atoms with Crippen molar-refractivity contribution in [1.29, 1.82) is 0 Å². The molecule has 0 aliphatic heterocycles. The highest BCUT2D eigenvalue weighted by molar-refractivity contribution is 6.42. The van der Waals surface area contributed by atoms with Crippen molar-refractivity contribution in [2.24, 2.45) is 0 Å². The molecule has 0 spiro atoms. The molecule has 1 N–H and O–H groups in total. The van der Waals surface area contributed by atoms with E-state index in [0.29, 0.717) is 22.2 Å². The van der Waals surface area contributed by atoms with Crippen LogP contribution in [0.2, 0.25) is 10.0 Å². The second-order valence-corrected chi connectivity index (χ2v) is 7.62. The fourth-order valence-electron chi connectivity index (χ4n) is 2.74. The van der Waals surface area contributed by atoms with Crippen LogP contribution in [0.1, 0.15) is 32.3 Å². The number of para-hydroxylation sites is 1. The van der Waals surface area contributed by atoms with Gasteiger partial charge in [0.2, 0.25) is 5.91 Å². The van der Waals surface area contributed by atoms with E-state index < -0.39 is 24.4 Å². The Morgan fingerprint density at radius 2 is 1.90 bits per heavy atom. The third kappa shape index (κ3) is 6.89. The Morgan fingerprint density at radius 1 is 1.17 bits per heavy atom. The molecule has 0 aromatic heterocycles. The number of nitrogens with zero attached hydrogens (tertiary/aromatic N) is 1. The second-order valence-electron chi connectivity index (χ2n) is 6.81. The summed E-state index contributed by atoms with van der Waals surface area (Å²) in [6, 6.07) is 10.1. The van der Waals surface area contributed by atoms with Gasteiger partial charge in [-0.05, 0) is 43.2 Å². The molecule has 2 aromatic carbocycles. The van der Waals surface area contributed by atoms with Crippen LogP contribution in [0, 0.1) is 5.82 Å². The van der Waals surface area contributed by atoms with E-state index in [1.165, 1.54) is 23.1 Å². The molecule has 162 valence electrons. The highest BCUT2D eigenvalue weighted by Crippen LogP contribution is 2.24. The second kappa shape index (κ2) is 11.8. The van der Waals surface area contributed by atoms with Gasteiger partial charge in [0.1, 0.15) is 6.04 Å². The molecule has 0 bridgehead atoms. The van der Waals surface area contributed by atoms with Gasteiger partial charge >= 0.3 is 0 Å². The van der Waals surface area contributed by atoms with Gasteiger partial charge in [-0.3, -0.25) is 9.59 Å². The number of benzene rings is 2. The van der Waals surface area contributed by atoms with Crippen molar-refractivity contribution in [1.82, 2.24) is 10.2 Å². The van der Waals surface area contributed by atoms with E-state index in [1.54, 1.807) is 31.2 Å².